The number of carbonyl (C=O) groups is 2. The van der Waals surface area contributed by atoms with E-state index in [1.54, 1.807) is 29.2 Å². The number of nitrogens with two attached hydrogens (primary N) is 1. The van der Waals surface area contributed by atoms with Crippen LogP contribution in [0.5, 0.6) is 0 Å². The van der Waals surface area contributed by atoms with Gasteiger partial charge in [0.2, 0.25) is 18.2 Å². The maximum atomic E-state index is 12.2. The van der Waals surface area contributed by atoms with Gasteiger partial charge < -0.3 is 20.4 Å². The second-order valence-corrected chi connectivity index (χ2v) is 5.32. The molecule has 2 amide bonds. The standard InChI is InChI=1S/C15H17N5O3/c16-7-13(21)20-8-11(6-12(20)15-19-17-9-23-15)18-14(22)10-4-2-1-3-5-10/h1-5,9,11-12H,6-8,16H2,(H,18,22). The average Bonchev–Trinajstić information content (AvgIpc) is 3.24. The average molecular weight is 315 g/mol. The van der Waals surface area contributed by atoms with Crippen molar-refractivity contribution in [2.75, 3.05) is 13.1 Å². The van der Waals surface area contributed by atoms with Gasteiger partial charge >= 0.3 is 0 Å². The molecule has 2 unspecified atom stereocenters. The zero-order valence-electron chi connectivity index (χ0n) is 12.4. The molecule has 0 aliphatic carbocycles. The molecule has 120 valence electrons. The summed E-state index contributed by atoms with van der Waals surface area (Å²) < 4.78 is 5.21. The van der Waals surface area contributed by atoms with E-state index in [0.717, 1.165) is 0 Å². The highest BCUT2D eigenvalue weighted by Gasteiger charge is 2.39. The Morgan fingerprint density at radius 1 is 1.35 bits per heavy atom. The normalized spacial score (nSPS) is 20.5. The maximum absolute atomic E-state index is 12.2. The fraction of sp³-hybridized carbons (Fsp3) is 0.333. The molecule has 0 spiro atoms. The molecule has 8 nitrogen and oxygen atoms in total. The van der Waals surface area contributed by atoms with Crippen LogP contribution in [0.3, 0.4) is 0 Å². The molecule has 1 aliphatic heterocycles. The number of aromatic nitrogens is 2. The van der Waals surface area contributed by atoms with Gasteiger partial charge in [-0.2, -0.15) is 0 Å². The summed E-state index contributed by atoms with van der Waals surface area (Å²) in [6.45, 7) is 0.256. The van der Waals surface area contributed by atoms with Crippen molar-refractivity contribution < 1.29 is 14.0 Å². The van der Waals surface area contributed by atoms with E-state index in [4.69, 9.17) is 10.2 Å². The van der Waals surface area contributed by atoms with Gasteiger partial charge in [-0.3, -0.25) is 9.59 Å². The minimum Gasteiger partial charge on any atom is -0.426 e. The summed E-state index contributed by atoms with van der Waals surface area (Å²) in [5.41, 5.74) is 6.03. The van der Waals surface area contributed by atoms with Crippen molar-refractivity contribution in [1.29, 1.82) is 0 Å². The van der Waals surface area contributed by atoms with Gasteiger partial charge in [-0.05, 0) is 18.6 Å². The lowest BCUT2D eigenvalue weighted by Crippen LogP contribution is -2.40. The SMILES string of the molecule is NCC(=O)N1CC(NC(=O)c2ccccc2)CC1c1nnco1. The first-order valence-electron chi connectivity index (χ1n) is 7.30. The third-order valence-corrected chi connectivity index (χ3v) is 3.83. The molecule has 1 saturated heterocycles. The predicted molar refractivity (Wildman–Crippen MR) is 80.1 cm³/mol. The van der Waals surface area contributed by atoms with Gasteiger partial charge in [0.1, 0.15) is 6.04 Å². The lowest BCUT2D eigenvalue weighted by Gasteiger charge is -2.20. The highest BCUT2D eigenvalue weighted by atomic mass is 16.4. The van der Waals surface area contributed by atoms with Gasteiger partial charge in [-0.15, -0.1) is 10.2 Å². The summed E-state index contributed by atoms with van der Waals surface area (Å²) >= 11 is 0. The number of rotatable bonds is 4. The van der Waals surface area contributed by atoms with Crippen LogP contribution in [-0.2, 0) is 4.79 Å². The Morgan fingerprint density at radius 2 is 2.13 bits per heavy atom. The number of benzene rings is 1. The van der Waals surface area contributed by atoms with Gasteiger partial charge in [0.05, 0.1) is 6.54 Å². The number of likely N-dealkylation sites (tertiary alicyclic amines) is 1. The summed E-state index contributed by atoms with van der Waals surface area (Å²) in [5, 5.41) is 10.5. The second kappa shape index (κ2) is 6.57. The van der Waals surface area contributed by atoms with Gasteiger partial charge in [0.15, 0.2) is 0 Å². The highest BCUT2D eigenvalue weighted by Crippen LogP contribution is 2.30. The maximum Gasteiger partial charge on any atom is 0.251 e. The molecule has 1 fully saturated rings. The molecule has 0 bridgehead atoms. The van der Waals surface area contributed by atoms with Crippen LogP contribution in [0.2, 0.25) is 0 Å². The topological polar surface area (TPSA) is 114 Å². The third-order valence-electron chi connectivity index (χ3n) is 3.83. The largest absolute Gasteiger partial charge is 0.426 e. The molecule has 8 heteroatoms. The van der Waals surface area contributed by atoms with Crippen molar-refractivity contribution in [3.8, 4) is 0 Å². The van der Waals surface area contributed by atoms with Gasteiger partial charge in [-0.25, -0.2) is 0 Å². The van der Waals surface area contributed by atoms with E-state index in [1.807, 2.05) is 6.07 Å². The molecule has 1 aromatic heterocycles. The van der Waals surface area contributed by atoms with Crippen molar-refractivity contribution in [1.82, 2.24) is 20.4 Å². The number of hydrogen-bond donors (Lipinski definition) is 2. The number of amides is 2. The molecule has 0 saturated carbocycles. The van der Waals surface area contributed by atoms with E-state index in [0.29, 0.717) is 24.4 Å². The Hall–Kier alpha value is -2.74. The molecule has 0 radical (unpaired) electrons. The van der Waals surface area contributed by atoms with Crippen molar-refractivity contribution in [3.05, 3.63) is 48.2 Å². The Bertz CT molecular complexity index is 674. The first-order chi connectivity index (χ1) is 11.2. The molecule has 2 aromatic rings. The van der Waals surface area contributed by atoms with Crippen LogP contribution in [0.15, 0.2) is 41.1 Å². The smallest absolute Gasteiger partial charge is 0.251 e. The minimum atomic E-state index is -0.366. The zero-order chi connectivity index (χ0) is 16.2. The van der Waals surface area contributed by atoms with E-state index in [-0.39, 0.29) is 30.4 Å². The van der Waals surface area contributed by atoms with E-state index >= 15 is 0 Å². The Balaban J connectivity index is 1.72. The quantitative estimate of drug-likeness (QED) is 0.827. The molecular weight excluding hydrogens is 298 g/mol. The van der Waals surface area contributed by atoms with Crippen LogP contribution >= 0.6 is 0 Å². The minimum absolute atomic E-state index is 0.107. The summed E-state index contributed by atoms with van der Waals surface area (Å²) in [4.78, 5) is 25.8. The van der Waals surface area contributed by atoms with Crippen molar-refractivity contribution in [3.63, 3.8) is 0 Å². The lowest BCUT2D eigenvalue weighted by atomic mass is 10.1. The van der Waals surface area contributed by atoms with E-state index < -0.39 is 0 Å². The van der Waals surface area contributed by atoms with Crippen LogP contribution in [0.4, 0.5) is 0 Å². The van der Waals surface area contributed by atoms with E-state index in [2.05, 4.69) is 15.5 Å². The van der Waals surface area contributed by atoms with Crippen molar-refractivity contribution in [2.24, 2.45) is 5.73 Å². The molecule has 3 rings (SSSR count). The van der Waals surface area contributed by atoms with Crippen LogP contribution in [0, 0.1) is 0 Å². The summed E-state index contributed by atoms with van der Waals surface area (Å²) in [7, 11) is 0. The highest BCUT2D eigenvalue weighted by molar-refractivity contribution is 5.94. The second-order valence-electron chi connectivity index (χ2n) is 5.32. The molecule has 3 N–H and O–H groups in total. The predicted octanol–water partition coefficient (Wildman–Crippen LogP) is 0.100. The number of nitrogens with zero attached hydrogens (tertiary/aromatic N) is 3. The number of hydrogen-bond acceptors (Lipinski definition) is 6. The number of nitrogens with one attached hydrogen (secondary N) is 1. The molecular formula is C15H17N5O3. The molecule has 23 heavy (non-hydrogen) atoms. The Labute approximate surface area is 132 Å². The zero-order valence-corrected chi connectivity index (χ0v) is 12.4. The fourth-order valence-electron chi connectivity index (χ4n) is 2.75. The van der Waals surface area contributed by atoms with E-state index in [9.17, 15) is 9.59 Å². The first kappa shape index (κ1) is 15.2. The molecule has 2 heterocycles. The monoisotopic (exact) mass is 315 g/mol. The number of carbonyl (C=O) groups excluding carboxylic acids is 2. The van der Waals surface area contributed by atoms with Crippen molar-refractivity contribution >= 4 is 11.8 Å². The summed E-state index contributed by atoms with van der Waals surface area (Å²) in [6, 6.07) is 8.36. The summed E-state index contributed by atoms with van der Waals surface area (Å²) in [6.07, 6.45) is 1.73. The van der Waals surface area contributed by atoms with Gasteiger partial charge in [-0.1, -0.05) is 18.2 Å². The van der Waals surface area contributed by atoms with E-state index in [1.165, 1.54) is 6.39 Å². The lowest BCUT2D eigenvalue weighted by molar-refractivity contribution is -0.131. The van der Waals surface area contributed by atoms with Crippen LogP contribution in [0.1, 0.15) is 28.7 Å². The Kier molecular flexibility index (Phi) is 4.33. The Morgan fingerprint density at radius 3 is 2.78 bits per heavy atom. The molecule has 2 atom stereocenters. The molecule has 1 aromatic carbocycles. The van der Waals surface area contributed by atoms with Crippen LogP contribution < -0.4 is 11.1 Å². The molecule has 1 aliphatic rings. The van der Waals surface area contributed by atoms with Crippen LogP contribution in [0.25, 0.3) is 0 Å². The third kappa shape index (κ3) is 3.21. The summed E-state index contributed by atoms with van der Waals surface area (Å²) in [5.74, 6) is -0.0464. The van der Waals surface area contributed by atoms with Crippen LogP contribution in [-0.4, -0.2) is 46.0 Å². The van der Waals surface area contributed by atoms with Gasteiger partial charge in [0.25, 0.3) is 5.91 Å². The van der Waals surface area contributed by atoms with Crippen molar-refractivity contribution in [2.45, 2.75) is 18.5 Å². The fourth-order valence-corrected chi connectivity index (χ4v) is 2.75. The first-order valence-corrected chi connectivity index (χ1v) is 7.30. The van der Waals surface area contributed by atoms with Gasteiger partial charge in [0, 0.05) is 18.2 Å².